The summed E-state index contributed by atoms with van der Waals surface area (Å²) in [6.07, 6.45) is 6.59. The molecule has 142 valence electrons. The molecular weight excluding hydrogens is 333 g/mol. The smallest absolute Gasteiger partial charge is 0.237 e. The van der Waals surface area contributed by atoms with Crippen LogP contribution in [0.15, 0.2) is 24.3 Å². The number of nitrogens with two attached hydrogens (primary N) is 1. The fourth-order valence-electron chi connectivity index (χ4n) is 4.39. The van der Waals surface area contributed by atoms with E-state index in [9.17, 15) is 14.0 Å². The lowest BCUT2D eigenvalue weighted by atomic mass is 9.78. The number of amides is 2. The van der Waals surface area contributed by atoms with Crippen LogP contribution in [-0.2, 0) is 15.0 Å². The molecule has 2 fully saturated rings. The van der Waals surface area contributed by atoms with E-state index < -0.39 is 6.04 Å². The molecule has 0 aromatic heterocycles. The summed E-state index contributed by atoms with van der Waals surface area (Å²) >= 11 is 0. The van der Waals surface area contributed by atoms with Gasteiger partial charge in [-0.2, -0.15) is 0 Å². The number of halogens is 1. The van der Waals surface area contributed by atoms with E-state index in [2.05, 4.69) is 5.32 Å². The average Bonchev–Trinajstić information content (AvgIpc) is 3.16. The van der Waals surface area contributed by atoms with Crippen LogP contribution in [0.5, 0.6) is 0 Å². The van der Waals surface area contributed by atoms with E-state index in [4.69, 9.17) is 5.73 Å². The molecule has 26 heavy (non-hydrogen) atoms. The fraction of sp³-hybridized carbons (Fsp3) is 0.600. The summed E-state index contributed by atoms with van der Waals surface area (Å²) in [6, 6.07) is 6.10. The summed E-state index contributed by atoms with van der Waals surface area (Å²) in [6.45, 7) is 1.86. The molecule has 1 aromatic carbocycles. The molecule has 2 aliphatic rings. The molecule has 1 aliphatic heterocycles. The van der Waals surface area contributed by atoms with Gasteiger partial charge in [0.1, 0.15) is 5.82 Å². The number of carbonyl (C=O) groups excluding carboxylic acids is 2. The Morgan fingerprint density at radius 2 is 1.88 bits per heavy atom. The molecule has 6 heteroatoms. The van der Waals surface area contributed by atoms with Crippen molar-refractivity contribution in [1.29, 1.82) is 0 Å². The monoisotopic (exact) mass is 361 g/mol. The van der Waals surface area contributed by atoms with Gasteiger partial charge in [-0.15, -0.1) is 0 Å². The summed E-state index contributed by atoms with van der Waals surface area (Å²) in [4.78, 5) is 25.1. The molecule has 5 nitrogen and oxygen atoms in total. The minimum Gasteiger partial charge on any atom is -0.354 e. The third-order valence-electron chi connectivity index (χ3n) is 6.15. The van der Waals surface area contributed by atoms with Crippen molar-refractivity contribution in [2.24, 2.45) is 11.7 Å². The van der Waals surface area contributed by atoms with Crippen molar-refractivity contribution in [1.82, 2.24) is 10.2 Å². The van der Waals surface area contributed by atoms with Crippen molar-refractivity contribution in [2.45, 2.75) is 50.0 Å². The summed E-state index contributed by atoms with van der Waals surface area (Å²) in [5, 5.41) is 3.06. The van der Waals surface area contributed by atoms with E-state index in [0.717, 1.165) is 50.5 Å². The zero-order chi connectivity index (χ0) is 18.6. The van der Waals surface area contributed by atoms with Crippen LogP contribution < -0.4 is 11.1 Å². The number of carbonyl (C=O) groups is 2. The molecule has 1 saturated heterocycles. The lowest BCUT2D eigenvalue weighted by Gasteiger charge is -2.34. The van der Waals surface area contributed by atoms with Crippen LogP contribution in [0.2, 0.25) is 0 Å². The molecule has 2 amide bonds. The van der Waals surface area contributed by atoms with Gasteiger partial charge in [-0.25, -0.2) is 4.39 Å². The number of piperidine rings is 1. The zero-order valence-electron chi connectivity index (χ0n) is 15.1. The maximum absolute atomic E-state index is 13.3. The highest BCUT2D eigenvalue weighted by Gasteiger charge is 2.37. The predicted molar refractivity (Wildman–Crippen MR) is 97.9 cm³/mol. The lowest BCUT2D eigenvalue weighted by Crippen LogP contribution is -2.51. The van der Waals surface area contributed by atoms with E-state index >= 15 is 0 Å². The molecule has 3 N–H and O–H groups in total. The standard InChI is InChI=1S/C20H28FN3O2/c21-17-5-3-16(4-6-17)20(9-1-2-10-20)13-23-19(26)18(22)15-7-11-24(14-25)12-8-15/h3-6,14-15,18H,1-2,7-13,22H2,(H,23,26)/t18-/m0/s1. The second-order valence-corrected chi connectivity index (χ2v) is 7.72. The molecule has 0 unspecified atom stereocenters. The second kappa shape index (κ2) is 8.16. The number of hydrogen-bond donors (Lipinski definition) is 2. The first kappa shape index (κ1) is 18.8. The maximum atomic E-state index is 13.3. The Kier molecular flexibility index (Phi) is 5.91. The number of nitrogens with one attached hydrogen (secondary N) is 1. The number of nitrogens with zero attached hydrogens (tertiary/aromatic N) is 1. The van der Waals surface area contributed by atoms with E-state index in [1.807, 2.05) is 12.1 Å². The molecule has 0 bridgehead atoms. The molecule has 0 spiro atoms. The van der Waals surface area contributed by atoms with Crippen molar-refractivity contribution >= 4 is 12.3 Å². The van der Waals surface area contributed by atoms with Crippen molar-refractivity contribution in [3.05, 3.63) is 35.6 Å². The van der Waals surface area contributed by atoms with E-state index in [-0.39, 0.29) is 23.1 Å². The van der Waals surface area contributed by atoms with Crippen molar-refractivity contribution in [3.8, 4) is 0 Å². The zero-order valence-corrected chi connectivity index (χ0v) is 15.1. The largest absolute Gasteiger partial charge is 0.354 e. The van der Waals surface area contributed by atoms with E-state index in [1.165, 1.54) is 12.1 Å². The van der Waals surface area contributed by atoms with E-state index in [1.54, 1.807) is 4.90 Å². The van der Waals surface area contributed by atoms with Crippen LogP contribution >= 0.6 is 0 Å². The Hall–Kier alpha value is -1.95. The topological polar surface area (TPSA) is 75.4 Å². The van der Waals surface area contributed by atoms with Gasteiger partial charge < -0.3 is 16.0 Å². The van der Waals surface area contributed by atoms with Gasteiger partial charge >= 0.3 is 0 Å². The van der Waals surface area contributed by atoms with Gasteiger partial charge in [0.2, 0.25) is 12.3 Å². The van der Waals surface area contributed by atoms with Crippen molar-refractivity contribution < 1.29 is 14.0 Å². The third-order valence-corrected chi connectivity index (χ3v) is 6.15. The molecule has 1 saturated carbocycles. The van der Waals surface area contributed by atoms with E-state index in [0.29, 0.717) is 19.6 Å². The Morgan fingerprint density at radius 1 is 1.27 bits per heavy atom. The first-order chi connectivity index (χ1) is 12.5. The number of hydrogen-bond acceptors (Lipinski definition) is 3. The van der Waals surface area contributed by atoms with Crippen LogP contribution in [0.25, 0.3) is 0 Å². The molecule has 1 aliphatic carbocycles. The number of rotatable bonds is 6. The first-order valence-electron chi connectivity index (χ1n) is 9.53. The fourth-order valence-corrected chi connectivity index (χ4v) is 4.39. The van der Waals surface area contributed by atoms with Gasteiger partial charge in [-0.3, -0.25) is 9.59 Å². The normalized spacial score (nSPS) is 21.4. The summed E-state index contributed by atoms with van der Waals surface area (Å²) < 4.78 is 13.3. The lowest BCUT2D eigenvalue weighted by molar-refractivity contribution is -0.124. The Morgan fingerprint density at radius 3 is 2.46 bits per heavy atom. The summed E-state index contributed by atoms with van der Waals surface area (Å²) in [7, 11) is 0. The van der Waals surface area contributed by atoms with Gasteiger partial charge in [0.15, 0.2) is 0 Å². The van der Waals surface area contributed by atoms with Gasteiger partial charge in [-0.05, 0) is 49.3 Å². The highest BCUT2D eigenvalue weighted by Crippen LogP contribution is 2.40. The quantitative estimate of drug-likeness (QED) is 0.761. The van der Waals surface area contributed by atoms with Crippen LogP contribution in [0.1, 0.15) is 44.1 Å². The van der Waals surface area contributed by atoms with Crippen LogP contribution in [0, 0.1) is 11.7 Å². The highest BCUT2D eigenvalue weighted by atomic mass is 19.1. The van der Waals surface area contributed by atoms with Gasteiger partial charge in [0.25, 0.3) is 0 Å². The summed E-state index contributed by atoms with van der Waals surface area (Å²) in [5.41, 5.74) is 7.16. The average molecular weight is 361 g/mol. The van der Waals surface area contributed by atoms with Gasteiger partial charge in [0, 0.05) is 25.0 Å². The SMILES string of the molecule is N[C@H](C(=O)NCC1(c2ccc(F)cc2)CCCC1)C1CCN(C=O)CC1. The molecular formula is C20H28FN3O2. The maximum Gasteiger partial charge on any atom is 0.237 e. The van der Waals surface area contributed by atoms with Crippen LogP contribution in [-0.4, -0.2) is 42.9 Å². The second-order valence-electron chi connectivity index (χ2n) is 7.72. The Balaban J connectivity index is 1.59. The third kappa shape index (κ3) is 4.06. The van der Waals surface area contributed by atoms with Crippen molar-refractivity contribution in [3.63, 3.8) is 0 Å². The minimum absolute atomic E-state index is 0.108. The summed E-state index contributed by atoms with van der Waals surface area (Å²) in [5.74, 6) is -0.255. The minimum atomic E-state index is -0.546. The number of likely N-dealkylation sites (tertiary alicyclic amines) is 1. The van der Waals surface area contributed by atoms with Gasteiger partial charge in [-0.1, -0.05) is 25.0 Å². The highest BCUT2D eigenvalue weighted by molar-refractivity contribution is 5.82. The molecule has 0 radical (unpaired) electrons. The van der Waals surface area contributed by atoms with Crippen LogP contribution in [0.4, 0.5) is 4.39 Å². The molecule has 1 aromatic rings. The predicted octanol–water partition coefficient (Wildman–Crippen LogP) is 1.95. The van der Waals surface area contributed by atoms with Gasteiger partial charge in [0.05, 0.1) is 6.04 Å². The first-order valence-corrected chi connectivity index (χ1v) is 9.53. The molecule has 1 atom stereocenters. The van der Waals surface area contributed by atoms with Crippen molar-refractivity contribution in [2.75, 3.05) is 19.6 Å². The Bertz CT molecular complexity index is 620. The molecule has 1 heterocycles. The molecule has 3 rings (SSSR count). The van der Waals surface area contributed by atoms with Crippen LogP contribution in [0.3, 0.4) is 0 Å². The number of benzene rings is 1. The Labute approximate surface area is 154 Å².